The number of esters is 2. The van der Waals surface area contributed by atoms with Crippen LogP contribution in [0.15, 0.2) is 48.6 Å². The van der Waals surface area contributed by atoms with Gasteiger partial charge in [-0.15, -0.1) is 0 Å². The molecule has 0 radical (unpaired) electrons. The summed E-state index contributed by atoms with van der Waals surface area (Å²) in [6.07, 6.45) is 56.9. The number of unbranched alkanes of at least 4 members (excludes halogenated alkanes) is 27. The van der Waals surface area contributed by atoms with Gasteiger partial charge in [-0.05, 0) is 51.4 Å². The zero-order valence-corrected chi connectivity index (χ0v) is 39.0. The smallest absolute Gasteiger partial charge is 0.462 e. The van der Waals surface area contributed by atoms with Crippen molar-refractivity contribution < 1.29 is 37.9 Å². The van der Waals surface area contributed by atoms with E-state index in [0.717, 1.165) is 70.6 Å². The molecular formula is C50H91O8P. The molecule has 0 rings (SSSR count). The van der Waals surface area contributed by atoms with Crippen molar-refractivity contribution in [1.82, 2.24) is 0 Å². The van der Waals surface area contributed by atoms with E-state index in [-0.39, 0.29) is 19.4 Å². The van der Waals surface area contributed by atoms with Crippen LogP contribution in [0.5, 0.6) is 0 Å². The second kappa shape index (κ2) is 45.5. The van der Waals surface area contributed by atoms with Gasteiger partial charge < -0.3 is 19.3 Å². The van der Waals surface area contributed by atoms with E-state index >= 15 is 0 Å². The van der Waals surface area contributed by atoms with Gasteiger partial charge in [0.15, 0.2) is 6.10 Å². The Labute approximate surface area is 363 Å². The summed E-state index contributed by atoms with van der Waals surface area (Å²) in [6.45, 7) is 3.60. The van der Waals surface area contributed by atoms with Crippen molar-refractivity contribution in [3.05, 3.63) is 48.6 Å². The molecule has 0 aliphatic rings. The lowest BCUT2D eigenvalue weighted by Crippen LogP contribution is -2.29. The number of carbonyl (C=O) groups excluding carboxylic acids is 2. The summed E-state index contributed by atoms with van der Waals surface area (Å²) in [5.41, 5.74) is 0. The van der Waals surface area contributed by atoms with E-state index in [1.807, 2.05) is 0 Å². The van der Waals surface area contributed by atoms with Crippen LogP contribution in [0.4, 0.5) is 0 Å². The lowest BCUT2D eigenvalue weighted by atomic mass is 10.0. The predicted molar refractivity (Wildman–Crippen MR) is 248 cm³/mol. The zero-order chi connectivity index (χ0) is 43.2. The second-order valence-corrected chi connectivity index (χ2v) is 17.7. The summed E-state index contributed by atoms with van der Waals surface area (Å²) < 4.78 is 26.5. The van der Waals surface area contributed by atoms with Crippen molar-refractivity contribution in [3.8, 4) is 0 Å². The SMILES string of the molecule is CC/C=C\C/C=C\C/C=C\C/C=C\CCCCCCCCCCC(=O)OC(COC(=O)CCCCCCCCCCCCCCCCCCCCCC)COP(=O)(O)O. The van der Waals surface area contributed by atoms with Crippen LogP contribution < -0.4 is 0 Å². The van der Waals surface area contributed by atoms with Crippen molar-refractivity contribution in [2.75, 3.05) is 13.2 Å². The highest BCUT2D eigenvalue weighted by molar-refractivity contribution is 7.46. The van der Waals surface area contributed by atoms with E-state index < -0.39 is 32.5 Å². The van der Waals surface area contributed by atoms with Gasteiger partial charge in [0.2, 0.25) is 0 Å². The Balaban J connectivity index is 3.84. The summed E-state index contributed by atoms with van der Waals surface area (Å²) in [6, 6.07) is 0. The van der Waals surface area contributed by atoms with Gasteiger partial charge in [0.05, 0.1) is 6.61 Å². The molecule has 0 spiro atoms. The molecule has 1 atom stereocenters. The highest BCUT2D eigenvalue weighted by atomic mass is 31.2. The van der Waals surface area contributed by atoms with Crippen molar-refractivity contribution in [2.45, 2.75) is 245 Å². The number of rotatable bonds is 45. The fourth-order valence-electron chi connectivity index (χ4n) is 7.01. The van der Waals surface area contributed by atoms with Gasteiger partial charge in [-0.1, -0.05) is 223 Å². The average Bonchev–Trinajstić information content (AvgIpc) is 3.21. The Morgan fingerprint density at radius 1 is 0.458 bits per heavy atom. The highest BCUT2D eigenvalue weighted by Gasteiger charge is 2.23. The van der Waals surface area contributed by atoms with Crippen LogP contribution in [-0.4, -0.2) is 41.0 Å². The third-order valence-corrected chi connectivity index (χ3v) is 11.1. The highest BCUT2D eigenvalue weighted by Crippen LogP contribution is 2.36. The van der Waals surface area contributed by atoms with Crippen LogP contribution in [0.25, 0.3) is 0 Å². The molecule has 0 saturated carbocycles. The molecule has 0 heterocycles. The van der Waals surface area contributed by atoms with Crippen LogP contribution in [0, 0.1) is 0 Å². The zero-order valence-electron chi connectivity index (χ0n) is 38.2. The number of allylic oxidation sites excluding steroid dienone is 8. The third kappa shape index (κ3) is 48.6. The molecule has 8 nitrogen and oxygen atoms in total. The second-order valence-electron chi connectivity index (χ2n) is 16.4. The topological polar surface area (TPSA) is 119 Å². The van der Waals surface area contributed by atoms with E-state index in [1.165, 1.54) is 135 Å². The molecule has 0 aromatic carbocycles. The Hall–Kier alpha value is -1.99. The molecule has 0 aromatic rings. The summed E-state index contributed by atoms with van der Waals surface area (Å²) >= 11 is 0. The Kier molecular flexibility index (Phi) is 44.0. The lowest BCUT2D eigenvalue weighted by molar-refractivity contribution is -0.161. The molecule has 0 aliphatic carbocycles. The van der Waals surface area contributed by atoms with Crippen LogP contribution in [-0.2, 0) is 28.2 Å². The van der Waals surface area contributed by atoms with Crippen molar-refractivity contribution >= 4 is 19.8 Å². The molecule has 59 heavy (non-hydrogen) atoms. The first-order chi connectivity index (χ1) is 28.8. The normalized spacial score (nSPS) is 12.8. The van der Waals surface area contributed by atoms with E-state index in [2.05, 4.69) is 67.0 Å². The third-order valence-electron chi connectivity index (χ3n) is 10.6. The Morgan fingerprint density at radius 2 is 0.814 bits per heavy atom. The molecule has 9 heteroatoms. The summed E-state index contributed by atoms with van der Waals surface area (Å²) in [5.74, 6) is -0.885. The largest absolute Gasteiger partial charge is 0.469 e. The molecule has 1 unspecified atom stereocenters. The van der Waals surface area contributed by atoms with Gasteiger partial charge in [-0.25, -0.2) is 4.57 Å². The number of phosphoric ester groups is 1. The maximum Gasteiger partial charge on any atom is 0.469 e. The number of carbonyl (C=O) groups is 2. The summed E-state index contributed by atoms with van der Waals surface area (Å²) in [7, 11) is -4.76. The number of hydrogen-bond acceptors (Lipinski definition) is 6. The minimum Gasteiger partial charge on any atom is -0.462 e. The Morgan fingerprint density at radius 3 is 1.22 bits per heavy atom. The van der Waals surface area contributed by atoms with Gasteiger partial charge in [-0.3, -0.25) is 14.1 Å². The quantitative estimate of drug-likeness (QED) is 0.0269. The molecule has 2 N–H and O–H groups in total. The fourth-order valence-corrected chi connectivity index (χ4v) is 7.37. The van der Waals surface area contributed by atoms with E-state index in [0.29, 0.717) is 6.42 Å². The molecule has 0 aromatic heterocycles. The summed E-state index contributed by atoms with van der Waals surface area (Å²) in [4.78, 5) is 43.1. The summed E-state index contributed by atoms with van der Waals surface area (Å²) in [5, 5.41) is 0. The maximum atomic E-state index is 12.5. The van der Waals surface area contributed by atoms with Crippen molar-refractivity contribution in [3.63, 3.8) is 0 Å². The Bertz CT molecular complexity index is 1090. The molecule has 0 bridgehead atoms. The molecule has 0 saturated heterocycles. The molecule has 0 fully saturated rings. The van der Waals surface area contributed by atoms with Gasteiger partial charge in [0.25, 0.3) is 0 Å². The lowest BCUT2D eigenvalue weighted by Gasteiger charge is -2.18. The van der Waals surface area contributed by atoms with Crippen molar-refractivity contribution in [2.24, 2.45) is 0 Å². The van der Waals surface area contributed by atoms with E-state index in [1.54, 1.807) is 0 Å². The minimum atomic E-state index is -4.76. The van der Waals surface area contributed by atoms with Crippen LogP contribution in [0.3, 0.4) is 0 Å². The molecule has 0 aliphatic heterocycles. The van der Waals surface area contributed by atoms with Gasteiger partial charge >= 0.3 is 19.8 Å². The van der Waals surface area contributed by atoms with Crippen LogP contribution >= 0.6 is 7.82 Å². The number of hydrogen-bond donors (Lipinski definition) is 2. The average molecular weight is 851 g/mol. The van der Waals surface area contributed by atoms with E-state index in [9.17, 15) is 14.2 Å². The van der Waals surface area contributed by atoms with Gasteiger partial charge in [-0.2, -0.15) is 0 Å². The standard InChI is InChI=1S/C50H91O8P/c1-3-5-7-9-11-13-15-17-19-21-23-25-27-29-31-33-35-37-39-41-43-45-50(52)58-48(47-57-59(53,54)55)46-56-49(51)44-42-40-38-36-34-32-30-28-26-24-22-20-18-16-14-12-10-8-6-4-2/h5,7,11,13,17,19,23,25,48H,3-4,6,8-10,12,14-16,18,20-22,24,26-47H2,1-2H3,(H2,53,54,55)/b7-5-,13-11-,19-17-,25-23-. The van der Waals surface area contributed by atoms with Gasteiger partial charge in [0.1, 0.15) is 6.61 Å². The van der Waals surface area contributed by atoms with Crippen LogP contribution in [0.1, 0.15) is 239 Å². The first-order valence-corrected chi connectivity index (χ1v) is 26.0. The molecular weight excluding hydrogens is 760 g/mol. The first kappa shape index (κ1) is 57.0. The van der Waals surface area contributed by atoms with Crippen molar-refractivity contribution in [1.29, 1.82) is 0 Å². The number of phosphoric acid groups is 1. The van der Waals surface area contributed by atoms with E-state index in [4.69, 9.17) is 19.3 Å². The predicted octanol–water partition coefficient (Wildman–Crippen LogP) is 15.5. The molecule has 344 valence electrons. The maximum absolute atomic E-state index is 12.5. The van der Waals surface area contributed by atoms with Crippen LogP contribution in [0.2, 0.25) is 0 Å². The monoisotopic (exact) mass is 851 g/mol. The molecule has 0 amide bonds. The number of ether oxygens (including phenoxy) is 2. The fraction of sp³-hybridized carbons (Fsp3) is 0.800. The minimum absolute atomic E-state index is 0.203. The first-order valence-electron chi connectivity index (χ1n) is 24.4. The van der Waals surface area contributed by atoms with Gasteiger partial charge in [0, 0.05) is 12.8 Å².